The molecule has 4 heteroatoms. The fourth-order valence-electron chi connectivity index (χ4n) is 1.59. The summed E-state index contributed by atoms with van der Waals surface area (Å²) >= 11 is 0. The maximum absolute atomic E-state index is 11.4. The number of hydrogen-bond donors (Lipinski definition) is 2. The van der Waals surface area contributed by atoms with Crippen molar-refractivity contribution in [2.45, 2.75) is 25.7 Å². The van der Waals surface area contributed by atoms with E-state index in [1.165, 1.54) is 12.2 Å². The third kappa shape index (κ3) is 3.20. The van der Waals surface area contributed by atoms with Crippen molar-refractivity contribution >= 4 is 11.9 Å². The van der Waals surface area contributed by atoms with Gasteiger partial charge in [-0.15, -0.1) is 0 Å². The average Bonchev–Trinajstić information content (AvgIpc) is 2.28. The lowest BCUT2D eigenvalue weighted by molar-refractivity contribution is -0.141. The van der Waals surface area contributed by atoms with E-state index < -0.39 is 17.4 Å². The highest BCUT2D eigenvalue weighted by atomic mass is 16.4. The first kappa shape index (κ1) is 14.0. The molecule has 1 rings (SSSR count). The normalized spacial score (nSPS) is 14.3. The maximum Gasteiger partial charge on any atom is 0.317 e. The molecule has 1 unspecified atom stereocenters. The molecule has 0 saturated heterocycles. The van der Waals surface area contributed by atoms with Crippen molar-refractivity contribution in [3.63, 3.8) is 0 Å². The topological polar surface area (TPSA) is 74.6 Å². The second-order valence-corrected chi connectivity index (χ2v) is 4.37. The van der Waals surface area contributed by atoms with E-state index in [9.17, 15) is 14.7 Å². The standard InChI is InChI=1S/C14H16O4/c1-10-5-7-11(8-6-10)14(2,13(17)18)9-3-4-12(15)16/h3,5-9H,4H2,1-2H3,(H,15,16)(H,17,18)/b9-3+. The van der Waals surface area contributed by atoms with Crippen LogP contribution in [0.5, 0.6) is 0 Å². The maximum atomic E-state index is 11.4. The number of aliphatic carboxylic acids is 2. The Morgan fingerprint density at radius 2 is 1.78 bits per heavy atom. The van der Waals surface area contributed by atoms with Gasteiger partial charge in [0.15, 0.2) is 0 Å². The summed E-state index contributed by atoms with van der Waals surface area (Å²) in [6, 6.07) is 7.16. The monoisotopic (exact) mass is 248 g/mol. The zero-order valence-electron chi connectivity index (χ0n) is 10.4. The van der Waals surface area contributed by atoms with Crippen molar-refractivity contribution in [1.29, 1.82) is 0 Å². The molecular formula is C14H16O4. The summed E-state index contributed by atoms with van der Waals surface area (Å²) in [6.07, 6.45) is 2.61. The molecule has 18 heavy (non-hydrogen) atoms. The number of carbonyl (C=O) groups is 2. The number of benzene rings is 1. The summed E-state index contributed by atoms with van der Waals surface area (Å²) in [4.78, 5) is 21.8. The molecule has 0 aliphatic heterocycles. The quantitative estimate of drug-likeness (QED) is 0.784. The molecule has 0 aromatic heterocycles. The fourth-order valence-corrected chi connectivity index (χ4v) is 1.59. The van der Waals surface area contributed by atoms with Crippen LogP contribution in [0.2, 0.25) is 0 Å². The smallest absolute Gasteiger partial charge is 0.317 e. The SMILES string of the molecule is Cc1ccc(C(C)(/C=C/CC(=O)O)C(=O)O)cc1. The van der Waals surface area contributed by atoms with Gasteiger partial charge in [-0.25, -0.2) is 0 Å². The second kappa shape index (κ2) is 5.49. The van der Waals surface area contributed by atoms with Crippen molar-refractivity contribution in [2.24, 2.45) is 0 Å². The first-order valence-corrected chi connectivity index (χ1v) is 5.56. The van der Waals surface area contributed by atoms with Gasteiger partial charge < -0.3 is 10.2 Å². The third-order valence-corrected chi connectivity index (χ3v) is 2.84. The van der Waals surface area contributed by atoms with Crippen molar-refractivity contribution in [3.8, 4) is 0 Å². The van der Waals surface area contributed by atoms with Gasteiger partial charge in [-0.05, 0) is 19.4 Å². The molecule has 1 aromatic rings. The van der Waals surface area contributed by atoms with Crippen LogP contribution in [0.25, 0.3) is 0 Å². The Morgan fingerprint density at radius 3 is 2.22 bits per heavy atom. The molecule has 96 valence electrons. The number of carboxylic acid groups (broad SMARTS) is 2. The summed E-state index contributed by atoms with van der Waals surface area (Å²) in [5.41, 5.74) is 0.464. The lowest BCUT2D eigenvalue weighted by Gasteiger charge is -2.21. The van der Waals surface area contributed by atoms with Crippen LogP contribution in [0.1, 0.15) is 24.5 Å². The molecule has 0 saturated carbocycles. The molecule has 4 nitrogen and oxygen atoms in total. The van der Waals surface area contributed by atoms with E-state index in [4.69, 9.17) is 5.11 Å². The minimum atomic E-state index is -1.21. The molecule has 0 fully saturated rings. The Hall–Kier alpha value is -2.10. The highest BCUT2D eigenvalue weighted by Crippen LogP contribution is 2.26. The molecule has 2 N–H and O–H groups in total. The summed E-state index contributed by atoms with van der Waals surface area (Å²) in [7, 11) is 0. The predicted molar refractivity (Wildman–Crippen MR) is 67.6 cm³/mol. The van der Waals surface area contributed by atoms with Crippen molar-refractivity contribution in [1.82, 2.24) is 0 Å². The lowest BCUT2D eigenvalue weighted by Crippen LogP contribution is -2.30. The van der Waals surface area contributed by atoms with Gasteiger partial charge in [0.05, 0.1) is 6.42 Å². The van der Waals surface area contributed by atoms with Gasteiger partial charge in [-0.1, -0.05) is 42.0 Å². The summed E-state index contributed by atoms with van der Waals surface area (Å²) in [5.74, 6) is -1.99. The summed E-state index contributed by atoms with van der Waals surface area (Å²) < 4.78 is 0. The Labute approximate surface area is 106 Å². The van der Waals surface area contributed by atoms with Crippen LogP contribution in [0.15, 0.2) is 36.4 Å². The van der Waals surface area contributed by atoms with E-state index in [1.54, 1.807) is 19.1 Å². The van der Waals surface area contributed by atoms with Gasteiger partial charge in [0.2, 0.25) is 0 Å². The van der Waals surface area contributed by atoms with E-state index in [-0.39, 0.29) is 6.42 Å². The average molecular weight is 248 g/mol. The summed E-state index contributed by atoms with van der Waals surface area (Å²) in [6.45, 7) is 3.47. The van der Waals surface area contributed by atoms with E-state index in [2.05, 4.69) is 0 Å². The van der Waals surface area contributed by atoms with E-state index in [0.29, 0.717) is 5.56 Å². The van der Waals surface area contributed by atoms with Crippen molar-refractivity contribution in [3.05, 3.63) is 47.5 Å². The highest BCUT2D eigenvalue weighted by Gasteiger charge is 2.32. The first-order chi connectivity index (χ1) is 8.36. The molecule has 1 aromatic carbocycles. The van der Waals surface area contributed by atoms with Crippen molar-refractivity contribution < 1.29 is 19.8 Å². The van der Waals surface area contributed by atoms with Crippen molar-refractivity contribution in [2.75, 3.05) is 0 Å². The molecule has 0 aliphatic carbocycles. The second-order valence-electron chi connectivity index (χ2n) is 4.37. The number of aryl methyl sites for hydroxylation is 1. The number of carboxylic acids is 2. The van der Waals surface area contributed by atoms with E-state index in [1.807, 2.05) is 19.1 Å². The Balaban J connectivity index is 3.07. The Morgan fingerprint density at radius 1 is 1.22 bits per heavy atom. The molecular weight excluding hydrogens is 232 g/mol. The van der Waals surface area contributed by atoms with Gasteiger partial charge >= 0.3 is 11.9 Å². The highest BCUT2D eigenvalue weighted by molar-refractivity contribution is 5.83. The molecule has 0 spiro atoms. The van der Waals surface area contributed by atoms with Gasteiger partial charge in [0.25, 0.3) is 0 Å². The number of hydrogen-bond acceptors (Lipinski definition) is 2. The minimum Gasteiger partial charge on any atom is -0.481 e. The zero-order chi connectivity index (χ0) is 13.8. The van der Waals surface area contributed by atoms with Crippen LogP contribution in [0.4, 0.5) is 0 Å². The summed E-state index contributed by atoms with van der Waals surface area (Å²) in [5, 5.41) is 17.9. The molecule has 0 amide bonds. The van der Waals surface area contributed by atoms with Crippen LogP contribution in [-0.2, 0) is 15.0 Å². The van der Waals surface area contributed by atoms with Crippen LogP contribution in [-0.4, -0.2) is 22.2 Å². The fraction of sp³-hybridized carbons (Fsp3) is 0.286. The largest absolute Gasteiger partial charge is 0.481 e. The van der Waals surface area contributed by atoms with Crippen LogP contribution in [0.3, 0.4) is 0 Å². The molecule has 0 aliphatic rings. The Kier molecular flexibility index (Phi) is 4.26. The minimum absolute atomic E-state index is 0.186. The van der Waals surface area contributed by atoms with Gasteiger partial charge in [-0.2, -0.15) is 0 Å². The van der Waals surface area contributed by atoms with Gasteiger partial charge in [0.1, 0.15) is 5.41 Å². The predicted octanol–water partition coefficient (Wildman–Crippen LogP) is 2.37. The van der Waals surface area contributed by atoms with Crippen LogP contribution in [0, 0.1) is 6.92 Å². The molecule has 1 atom stereocenters. The van der Waals surface area contributed by atoms with E-state index >= 15 is 0 Å². The van der Waals surface area contributed by atoms with Gasteiger partial charge in [-0.3, -0.25) is 9.59 Å². The van der Waals surface area contributed by atoms with Crippen LogP contribution >= 0.6 is 0 Å². The third-order valence-electron chi connectivity index (χ3n) is 2.84. The number of rotatable bonds is 5. The zero-order valence-corrected chi connectivity index (χ0v) is 10.4. The van der Waals surface area contributed by atoms with Crippen LogP contribution < -0.4 is 0 Å². The molecule has 0 radical (unpaired) electrons. The molecule has 0 heterocycles. The first-order valence-electron chi connectivity index (χ1n) is 5.56. The molecule has 0 bridgehead atoms. The lowest BCUT2D eigenvalue weighted by atomic mass is 9.82. The van der Waals surface area contributed by atoms with Gasteiger partial charge in [0, 0.05) is 0 Å². The Bertz CT molecular complexity index is 473. The van der Waals surface area contributed by atoms with E-state index in [0.717, 1.165) is 5.56 Å².